The Balaban J connectivity index is 0.00000144. The van der Waals surface area contributed by atoms with Crippen molar-refractivity contribution in [3.63, 3.8) is 0 Å². The number of carbonyl (C=O) groups is 1. The summed E-state index contributed by atoms with van der Waals surface area (Å²) in [6.45, 7) is 0.803. The Morgan fingerprint density at radius 1 is 1.77 bits per heavy atom. The van der Waals surface area contributed by atoms with Crippen LogP contribution in [-0.2, 0) is 9.53 Å². The molecular formula is C8H17ClN2O2. The molecule has 1 rings (SSSR count). The van der Waals surface area contributed by atoms with Gasteiger partial charge in [0.05, 0.1) is 0 Å². The van der Waals surface area contributed by atoms with E-state index in [4.69, 9.17) is 10.5 Å². The molecule has 0 saturated carbocycles. The molecule has 0 radical (unpaired) electrons. The number of methoxy groups -OCH3 is 1. The SMILES string of the molecule is COC(N)C[C@@H]1CCCNC1=O.Cl. The fourth-order valence-electron chi connectivity index (χ4n) is 1.44. The summed E-state index contributed by atoms with van der Waals surface area (Å²) in [5, 5.41) is 2.81. The maximum atomic E-state index is 11.2. The first kappa shape index (κ1) is 12.7. The molecule has 13 heavy (non-hydrogen) atoms. The van der Waals surface area contributed by atoms with Crippen LogP contribution in [-0.4, -0.2) is 25.8 Å². The van der Waals surface area contributed by atoms with Gasteiger partial charge in [-0.05, 0) is 19.3 Å². The van der Waals surface area contributed by atoms with E-state index in [0.717, 1.165) is 19.4 Å². The lowest BCUT2D eigenvalue weighted by molar-refractivity contribution is -0.127. The summed E-state index contributed by atoms with van der Waals surface area (Å²) in [5.41, 5.74) is 5.56. The molecule has 1 aliphatic heterocycles. The highest BCUT2D eigenvalue weighted by atomic mass is 35.5. The third kappa shape index (κ3) is 3.93. The fraction of sp³-hybridized carbons (Fsp3) is 0.875. The molecule has 0 aromatic heterocycles. The molecule has 5 heteroatoms. The molecule has 1 aliphatic rings. The number of nitrogens with one attached hydrogen (secondary N) is 1. The summed E-state index contributed by atoms with van der Waals surface area (Å²) in [7, 11) is 1.56. The van der Waals surface area contributed by atoms with Crippen molar-refractivity contribution in [2.75, 3.05) is 13.7 Å². The van der Waals surface area contributed by atoms with Crippen LogP contribution in [0.25, 0.3) is 0 Å². The van der Waals surface area contributed by atoms with Gasteiger partial charge in [-0.3, -0.25) is 4.79 Å². The first-order chi connectivity index (χ1) is 5.74. The highest BCUT2D eigenvalue weighted by Gasteiger charge is 2.23. The van der Waals surface area contributed by atoms with Gasteiger partial charge >= 0.3 is 0 Å². The molecule has 3 N–H and O–H groups in total. The predicted octanol–water partition coefficient (Wildman–Crippen LogP) is 0.256. The third-order valence-electron chi connectivity index (χ3n) is 2.22. The summed E-state index contributed by atoms with van der Waals surface area (Å²) < 4.78 is 4.90. The number of hydrogen-bond acceptors (Lipinski definition) is 3. The summed E-state index contributed by atoms with van der Waals surface area (Å²) in [5.74, 6) is 0.169. The maximum absolute atomic E-state index is 11.2. The first-order valence-corrected chi connectivity index (χ1v) is 4.30. The average molecular weight is 209 g/mol. The van der Waals surface area contributed by atoms with Crippen LogP contribution in [0.3, 0.4) is 0 Å². The van der Waals surface area contributed by atoms with Crippen molar-refractivity contribution < 1.29 is 9.53 Å². The fourth-order valence-corrected chi connectivity index (χ4v) is 1.44. The normalized spacial score (nSPS) is 24.5. The lowest BCUT2D eigenvalue weighted by atomic mass is 9.95. The van der Waals surface area contributed by atoms with Crippen LogP contribution in [0.15, 0.2) is 0 Å². The molecule has 0 bridgehead atoms. The molecule has 78 valence electrons. The third-order valence-corrected chi connectivity index (χ3v) is 2.22. The lowest BCUT2D eigenvalue weighted by Crippen LogP contribution is -2.39. The molecule has 1 saturated heterocycles. The quantitative estimate of drug-likeness (QED) is 0.654. The summed E-state index contributed by atoms with van der Waals surface area (Å²) >= 11 is 0. The minimum absolute atomic E-state index is 0. The Morgan fingerprint density at radius 3 is 3.00 bits per heavy atom. The van der Waals surface area contributed by atoms with E-state index in [1.165, 1.54) is 0 Å². The summed E-state index contributed by atoms with van der Waals surface area (Å²) in [4.78, 5) is 11.2. The largest absolute Gasteiger partial charge is 0.367 e. The van der Waals surface area contributed by atoms with Crippen LogP contribution in [0.2, 0.25) is 0 Å². The Hall–Kier alpha value is -0.320. The van der Waals surface area contributed by atoms with E-state index in [2.05, 4.69) is 5.32 Å². The topological polar surface area (TPSA) is 64.3 Å². The van der Waals surface area contributed by atoms with Gasteiger partial charge in [-0.15, -0.1) is 12.4 Å². The van der Waals surface area contributed by atoms with Gasteiger partial charge in [0.2, 0.25) is 5.91 Å². The molecule has 1 heterocycles. The molecule has 0 aliphatic carbocycles. The first-order valence-electron chi connectivity index (χ1n) is 4.30. The predicted molar refractivity (Wildman–Crippen MR) is 52.6 cm³/mol. The zero-order valence-corrected chi connectivity index (χ0v) is 8.60. The van der Waals surface area contributed by atoms with Crippen molar-refractivity contribution in [2.45, 2.75) is 25.5 Å². The van der Waals surface area contributed by atoms with Crippen LogP contribution in [0, 0.1) is 5.92 Å². The van der Waals surface area contributed by atoms with E-state index in [0.29, 0.717) is 6.42 Å². The van der Waals surface area contributed by atoms with Crippen LogP contribution in [0.4, 0.5) is 0 Å². The van der Waals surface area contributed by atoms with Crippen LogP contribution in [0.1, 0.15) is 19.3 Å². The molecule has 2 atom stereocenters. The van der Waals surface area contributed by atoms with Gasteiger partial charge < -0.3 is 15.8 Å². The lowest BCUT2D eigenvalue weighted by Gasteiger charge is -2.23. The number of hydrogen-bond donors (Lipinski definition) is 2. The number of rotatable bonds is 3. The number of halogens is 1. The molecular weight excluding hydrogens is 192 g/mol. The standard InChI is InChI=1S/C8H16N2O2.ClH/c1-12-7(9)5-6-3-2-4-10-8(6)11;/h6-7H,2-5,9H2,1H3,(H,10,11);1H/t6-,7?;/m0./s1. The summed E-state index contributed by atoms with van der Waals surface area (Å²) in [6.07, 6.45) is 2.30. The molecule has 0 aromatic rings. The van der Waals surface area contributed by atoms with Crippen LogP contribution < -0.4 is 11.1 Å². The molecule has 0 aromatic carbocycles. The number of amides is 1. The second-order valence-corrected chi connectivity index (χ2v) is 3.14. The van der Waals surface area contributed by atoms with E-state index in [1.54, 1.807) is 7.11 Å². The van der Waals surface area contributed by atoms with E-state index < -0.39 is 0 Å². The molecule has 1 amide bonds. The van der Waals surface area contributed by atoms with Crippen LogP contribution in [0.5, 0.6) is 0 Å². The van der Waals surface area contributed by atoms with Gasteiger partial charge in [0.25, 0.3) is 0 Å². The zero-order valence-electron chi connectivity index (χ0n) is 7.79. The Labute approximate surface area is 84.6 Å². The highest BCUT2D eigenvalue weighted by Crippen LogP contribution is 2.16. The minimum Gasteiger partial charge on any atom is -0.367 e. The zero-order chi connectivity index (χ0) is 8.97. The molecule has 4 nitrogen and oxygen atoms in total. The van der Waals surface area contributed by atoms with E-state index in [1.807, 2.05) is 0 Å². The highest BCUT2D eigenvalue weighted by molar-refractivity contribution is 5.85. The Bertz CT molecular complexity index is 166. The van der Waals surface area contributed by atoms with Gasteiger partial charge in [-0.1, -0.05) is 0 Å². The second-order valence-electron chi connectivity index (χ2n) is 3.14. The van der Waals surface area contributed by atoms with Gasteiger partial charge in [0.15, 0.2) is 0 Å². The van der Waals surface area contributed by atoms with E-state index in [9.17, 15) is 4.79 Å². The van der Waals surface area contributed by atoms with Crippen molar-refractivity contribution >= 4 is 18.3 Å². The maximum Gasteiger partial charge on any atom is 0.223 e. The molecule has 0 spiro atoms. The second kappa shape index (κ2) is 6.18. The van der Waals surface area contributed by atoms with Crippen molar-refractivity contribution in [1.82, 2.24) is 5.32 Å². The van der Waals surface area contributed by atoms with Crippen molar-refractivity contribution in [1.29, 1.82) is 0 Å². The number of piperidine rings is 1. The van der Waals surface area contributed by atoms with E-state index in [-0.39, 0.29) is 30.5 Å². The van der Waals surface area contributed by atoms with E-state index >= 15 is 0 Å². The molecule has 1 fully saturated rings. The van der Waals surface area contributed by atoms with Crippen molar-refractivity contribution in [3.8, 4) is 0 Å². The Kier molecular flexibility index (Phi) is 6.03. The monoisotopic (exact) mass is 208 g/mol. The molecule has 1 unspecified atom stereocenters. The number of nitrogens with two attached hydrogens (primary N) is 1. The Morgan fingerprint density at radius 2 is 2.46 bits per heavy atom. The van der Waals surface area contributed by atoms with Gasteiger partial charge in [0, 0.05) is 19.6 Å². The number of ether oxygens (including phenoxy) is 1. The van der Waals surface area contributed by atoms with Crippen molar-refractivity contribution in [2.24, 2.45) is 11.7 Å². The van der Waals surface area contributed by atoms with Crippen LogP contribution >= 0.6 is 12.4 Å². The van der Waals surface area contributed by atoms with Gasteiger partial charge in [-0.25, -0.2) is 0 Å². The van der Waals surface area contributed by atoms with Gasteiger partial charge in [-0.2, -0.15) is 0 Å². The van der Waals surface area contributed by atoms with Gasteiger partial charge in [0.1, 0.15) is 6.23 Å². The summed E-state index contributed by atoms with van der Waals surface area (Å²) in [6, 6.07) is 0. The smallest absolute Gasteiger partial charge is 0.223 e. The van der Waals surface area contributed by atoms with Crippen molar-refractivity contribution in [3.05, 3.63) is 0 Å². The average Bonchev–Trinajstić information content (AvgIpc) is 2.09. The number of carbonyl (C=O) groups excluding carboxylic acids is 1. The minimum atomic E-state index is -0.307.